The van der Waals surface area contributed by atoms with E-state index in [9.17, 15) is 4.79 Å². The first-order chi connectivity index (χ1) is 7.19. The Hall–Kier alpha value is -1.29. The summed E-state index contributed by atoms with van der Waals surface area (Å²) < 4.78 is 1.98. The second kappa shape index (κ2) is 5.56. The van der Waals surface area contributed by atoms with Gasteiger partial charge in [-0.15, -0.1) is 0 Å². The SMILES string of the molecule is CCN(C)C(=O)Cn1cccc1CNC. The molecule has 4 nitrogen and oxygen atoms in total. The van der Waals surface area contributed by atoms with Crippen molar-refractivity contribution in [3.63, 3.8) is 0 Å². The van der Waals surface area contributed by atoms with Crippen molar-refractivity contribution in [2.45, 2.75) is 20.0 Å². The topological polar surface area (TPSA) is 37.3 Å². The first kappa shape index (κ1) is 11.8. The third-order valence-electron chi connectivity index (χ3n) is 2.49. The van der Waals surface area contributed by atoms with Gasteiger partial charge in [0.15, 0.2) is 0 Å². The average Bonchev–Trinajstić information content (AvgIpc) is 2.65. The zero-order chi connectivity index (χ0) is 11.3. The van der Waals surface area contributed by atoms with Gasteiger partial charge in [-0.2, -0.15) is 0 Å². The number of rotatable bonds is 5. The fraction of sp³-hybridized carbons (Fsp3) is 0.545. The maximum Gasteiger partial charge on any atom is 0.242 e. The Kier molecular flexibility index (Phi) is 4.37. The van der Waals surface area contributed by atoms with Gasteiger partial charge in [0, 0.05) is 32.0 Å². The van der Waals surface area contributed by atoms with Gasteiger partial charge in [0.2, 0.25) is 5.91 Å². The highest BCUT2D eigenvalue weighted by Crippen LogP contribution is 2.02. The van der Waals surface area contributed by atoms with Crippen LogP contribution in [0.5, 0.6) is 0 Å². The van der Waals surface area contributed by atoms with Crippen molar-refractivity contribution < 1.29 is 4.79 Å². The Morgan fingerprint density at radius 3 is 2.93 bits per heavy atom. The molecule has 0 aromatic carbocycles. The molecule has 1 rings (SSSR count). The summed E-state index contributed by atoms with van der Waals surface area (Å²) in [5.41, 5.74) is 1.13. The molecule has 0 saturated heterocycles. The third-order valence-corrected chi connectivity index (χ3v) is 2.49. The summed E-state index contributed by atoms with van der Waals surface area (Å²) in [7, 11) is 3.72. The molecule has 84 valence electrons. The number of amides is 1. The molecule has 1 aromatic heterocycles. The zero-order valence-electron chi connectivity index (χ0n) is 9.66. The van der Waals surface area contributed by atoms with Gasteiger partial charge in [-0.1, -0.05) is 0 Å². The van der Waals surface area contributed by atoms with Gasteiger partial charge in [0.25, 0.3) is 0 Å². The van der Waals surface area contributed by atoms with Gasteiger partial charge in [0.05, 0.1) is 0 Å². The monoisotopic (exact) mass is 209 g/mol. The number of carbonyl (C=O) groups excluding carboxylic acids is 1. The highest BCUT2D eigenvalue weighted by molar-refractivity contribution is 5.75. The van der Waals surface area contributed by atoms with Crippen LogP contribution in [0.4, 0.5) is 0 Å². The van der Waals surface area contributed by atoms with E-state index in [4.69, 9.17) is 0 Å². The molecule has 0 aliphatic heterocycles. The molecule has 0 radical (unpaired) electrons. The summed E-state index contributed by atoms with van der Waals surface area (Å²) in [6.45, 7) is 3.94. The number of carbonyl (C=O) groups is 1. The number of aromatic nitrogens is 1. The number of nitrogens with one attached hydrogen (secondary N) is 1. The van der Waals surface area contributed by atoms with Gasteiger partial charge in [-0.25, -0.2) is 0 Å². The predicted octanol–water partition coefficient (Wildman–Crippen LogP) is 0.686. The normalized spacial score (nSPS) is 10.3. The van der Waals surface area contributed by atoms with Crippen molar-refractivity contribution in [1.82, 2.24) is 14.8 Å². The van der Waals surface area contributed by atoms with E-state index >= 15 is 0 Å². The molecule has 0 spiro atoms. The van der Waals surface area contributed by atoms with Crippen LogP contribution in [-0.2, 0) is 17.9 Å². The molecule has 0 fully saturated rings. The molecular formula is C11H19N3O. The number of hydrogen-bond acceptors (Lipinski definition) is 2. The lowest BCUT2D eigenvalue weighted by Gasteiger charge is -2.16. The molecule has 4 heteroatoms. The van der Waals surface area contributed by atoms with Crippen molar-refractivity contribution in [3.8, 4) is 0 Å². The lowest BCUT2D eigenvalue weighted by molar-refractivity contribution is -0.130. The maximum absolute atomic E-state index is 11.7. The molecule has 0 bridgehead atoms. The average molecular weight is 209 g/mol. The van der Waals surface area contributed by atoms with E-state index in [0.29, 0.717) is 6.54 Å². The van der Waals surface area contributed by atoms with Crippen LogP contribution in [0.15, 0.2) is 18.3 Å². The molecule has 0 aliphatic rings. The van der Waals surface area contributed by atoms with Crippen LogP contribution < -0.4 is 5.32 Å². The standard InChI is InChI=1S/C11H19N3O/c1-4-13(3)11(15)9-14-7-5-6-10(14)8-12-2/h5-7,12H,4,8-9H2,1-3H3. The van der Waals surface area contributed by atoms with E-state index in [1.54, 1.807) is 4.90 Å². The minimum absolute atomic E-state index is 0.144. The largest absolute Gasteiger partial charge is 0.344 e. The minimum Gasteiger partial charge on any atom is -0.344 e. The van der Waals surface area contributed by atoms with E-state index in [0.717, 1.165) is 18.8 Å². The van der Waals surface area contributed by atoms with Gasteiger partial charge >= 0.3 is 0 Å². The molecule has 0 atom stereocenters. The Labute approximate surface area is 90.9 Å². The summed E-state index contributed by atoms with van der Waals surface area (Å²) in [5.74, 6) is 0.144. The molecule has 1 heterocycles. The number of hydrogen-bond donors (Lipinski definition) is 1. The minimum atomic E-state index is 0.144. The third kappa shape index (κ3) is 3.09. The molecule has 1 aromatic rings. The summed E-state index contributed by atoms with van der Waals surface area (Å²) in [4.78, 5) is 13.4. The summed E-state index contributed by atoms with van der Waals surface area (Å²) >= 11 is 0. The number of nitrogens with zero attached hydrogens (tertiary/aromatic N) is 2. The van der Waals surface area contributed by atoms with Crippen molar-refractivity contribution in [1.29, 1.82) is 0 Å². The Morgan fingerprint density at radius 2 is 2.33 bits per heavy atom. The molecular weight excluding hydrogens is 190 g/mol. The van der Waals surface area contributed by atoms with Crippen LogP contribution in [0.1, 0.15) is 12.6 Å². The van der Waals surface area contributed by atoms with Crippen LogP contribution in [0.25, 0.3) is 0 Å². The van der Waals surface area contributed by atoms with Crippen LogP contribution in [-0.4, -0.2) is 36.0 Å². The van der Waals surface area contributed by atoms with E-state index in [2.05, 4.69) is 5.32 Å². The molecule has 0 unspecified atom stereocenters. The van der Waals surface area contributed by atoms with E-state index in [-0.39, 0.29) is 5.91 Å². The van der Waals surface area contributed by atoms with Crippen molar-refractivity contribution in [3.05, 3.63) is 24.0 Å². The molecule has 1 amide bonds. The van der Waals surface area contributed by atoms with E-state index in [1.165, 1.54) is 0 Å². The lowest BCUT2D eigenvalue weighted by Crippen LogP contribution is -2.30. The van der Waals surface area contributed by atoms with Crippen molar-refractivity contribution >= 4 is 5.91 Å². The first-order valence-electron chi connectivity index (χ1n) is 5.21. The first-order valence-corrected chi connectivity index (χ1v) is 5.21. The Morgan fingerprint density at radius 1 is 1.60 bits per heavy atom. The van der Waals surface area contributed by atoms with Gasteiger partial charge in [-0.3, -0.25) is 4.79 Å². The van der Waals surface area contributed by atoms with Crippen LogP contribution >= 0.6 is 0 Å². The van der Waals surface area contributed by atoms with Crippen molar-refractivity contribution in [2.75, 3.05) is 20.6 Å². The summed E-state index contributed by atoms with van der Waals surface area (Å²) in [5, 5.41) is 3.08. The van der Waals surface area contributed by atoms with Crippen LogP contribution in [0, 0.1) is 0 Å². The van der Waals surface area contributed by atoms with Gasteiger partial charge in [0.1, 0.15) is 6.54 Å². The second-order valence-corrected chi connectivity index (χ2v) is 3.57. The molecule has 1 N–H and O–H groups in total. The highest BCUT2D eigenvalue weighted by Gasteiger charge is 2.08. The Bertz CT molecular complexity index is 319. The maximum atomic E-state index is 11.7. The molecule has 15 heavy (non-hydrogen) atoms. The second-order valence-electron chi connectivity index (χ2n) is 3.57. The Balaban J connectivity index is 2.63. The lowest BCUT2D eigenvalue weighted by atomic mass is 10.4. The van der Waals surface area contributed by atoms with Crippen LogP contribution in [0.3, 0.4) is 0 Å². The van der Waals surface area contributed by atoms with E-state index < -0.39 is 0 Å². The predicted molar refractivity (Wildman–Crippen MR) is 60.5 cm³/mol. The summed E-state index contributed by atoms with van der Waals surface area (Å²) in [6, 6.07) is 3.99. The molecule has 0 saturated carbocycles. The fourth-order valence-corrected chi connectivity index (χ4v) is 1.39. The quantitative estimate of drug-likeness (QED) is 0.774. The van der Waals surface area contributed by atoms with Gasteiger partial charge < -0.3 is 14.8 Å². The fourth-order valence-electron chi connectivity index (χ4n) is 1.39. The van der Waals surface area contributed by atoms with Crippen molar-refractivity contribution in [2.24, 2.45) is 0 Å². The smallest absolute Gasteiger partial charge is 0.242 e. The zero-order valence-corrected chi connectivity index (χ0v) is 9.66. The summed E-state index contributed by atoms with van der Waals surface area (Å²) in [6.07, 6.45) is 1.94. The molecule has 0 aliphatic carbocycles. The highest BCUT2D eigenvalue weighted by atomic mass is 16.2. The van der Waals surface area contributed by atoms with Gasteiger partial charge in [-0.05, 0) is 26.1 Å². The van der Waals surface area contributed by atoms with E-state index in [1.807, 2.05) is 43.9 Å². The van der Waals surface area contributed by atoms with Crippen LogP contribution in [0.2, 0.25) is 0 Å². The number of likely N-dealkylation sites (N-methyl/N-ethyl adjacent to an activating group) is 1.